The summed E-state index contributed by atoms with van der Waals surface area (Å²) in [5.41, 5.74) is 4.29. The van der Waals surface area contributed by atoms with Crippen LogP contribution in [0.4, 0.5) is 0 Å². The lowest BCUT2D eigenvalue weighted by Crippen LogP contribution is -1.90. The maximum absolute atomic E-state index is 7.45. The Kier molecular flexibility index (Phi) is 7.27. The van der Waals surface area contributed by atoms with Crippen LogP contribution in [-0.2, 0) is 4.84 Å². The lowest BCUT2D eigenvalue weighted by Gasteiger charge is -1.79. The van der Waals surface area contributed by atoms with E-state index in [2.05, 4.69) is 10.8 Å². The predicted molar refractivity (Wildman–Crippen MR) is 37.8 cm³/mol. The summed E-state index contributed by atoms with van der Waals surface area (Å²) in [7, 11) is -1.28. The molecule has 7 heteroatoms. The molecule has 0 aliphatic carbocycles. The molecule has 0 aromatic carbocycles. The molecule has 5 nitrogen and oxygen atoms in total. The van der Waals surface area contributed by atoms with Crippen LogP contribution >= 0.6 is 17.3 Å². The van der Waals surface area contributed by atoms with Crippen LogP contribution in [0.15, 0.2) is 0 Å². The fraction of sp³-hybridized carbons (Fsp3) is 1.00. The fourth-order valence-corrected chi connectivity index (χ4v) is 0.765. The summed E-state index contributed by atoms with van der Waals surface area (Å²) in [5.74, 6) is 0. The molecule has 9 heavy (non-hydrogen) atoms. The van der Waals surface area contributed by atoms with Crippen LogP contribution in [0.3, 0.4) is 0 Å². The molecular weight excluding hydrogens is 162 g/mol. The molecule has 1 unspecified atom stereocenters. The van der Waals surface area contributed by atoms with Gasteiger partial charge in [0.25, 0.3) is 0 Å². The van der Waals surface area contributed by atoms with Crippen molar-refractivity contribution in [3.63, 3.8) is 0 Å². The van der Waals surface area contributed by atoms with Gasteiger partial charge in [0, 0.05) is 6.16 Å². The van der Waals surface area contributed by atoms with E-state index in [9.17, 15) is 0 Å². The Morgan fingerprint density at radius 3 is 2.33 bits per heavy atom. The molecule has 0 aromatic heterocycles. The third-order valence-corrected chi connectivity index (χ3v) is 1.22. The van der Waals surface area contributed by atoms with E-state index in [0.29, 0.717) is 0 Å². The van der Waals surface area contributed by atoms with Crippen molar-refractivity contribution in [3.05, 3.63) is 0 Å². The SMILES string of the molecule is C1CPNO1.NP(O)O. The maximum atomic E-state index is 7.45. The Hall–Kier alpha value is 0.660. The molecule has 1 atom stereocenters. The molecular formula is C2H10N2O3P2. The summed E-state index contributed by atoms with van der Waals surface area (Å²) < 4.78 is 0. The zero-order valence-electron chi connectivity index (χ0n) is 4.74. The lowest BCUT2D eigenvalue weighted by atomic mass is 10.9. The van der Waals surface area contributed by atoms with Gasteiger partial charge in [-0.3, -0.25) is 10.3 Å². The Labute approximate surface area is 56.4 Å². The molecule has 5 N–H and O–H groups in total. The first kappa shape index (κ1) is 9.66. The number of hydrogen-bond acceptors (Lipinski definition) is 5. The van der Waals surface area contributed by atoms with Crippen LogP contribution in [0.5, 0.6) is 0 Å². The monoisotopic (exact) mass is 172 g/mol. The van der Waals surface area contributed by atoms with E-state index >= 15 is 0 Å². The summed E-state index contributed by atoms with van der Waals surface area (Å²) in [4.78, 5) is 19.6. The minimum Gasteiger partial charge on any atom is -0.338 e. The van der Waals surface area contributed by atoms with Gasteiger partial charge in [-0.2, -0.15) is 5.25 Å². The van der Waals surface area contributed by atoms with Gasteiger partial charge in [-0.15, -0.1) is 0 Å². The topological polar surface area (TPSA) is 87.7 Å². The van der Waals surface area contributed by atoms with Crippen molar-refractivity contribution in [3.8, 4) is 0 Å². The smallest absolute Gasteiger partial charge is 0.247 e. The highest BCUT2D eigenvalue weighted by Gasteiger charge is 1.93. The number of nitrogens with one attached hydrogen (secondary N) is 1. The van der Waals surface area contributed by atoms with E-state index in [0.717, 1.165) is 15.3 Å². The van der Waals surface area contributed by atoms with E-state index in [1.54, 1.807) is 0 Å². The summed E-state index contributed by atoms with van der Waals surface area (Å²) >= 11 is 0. The second-order valence-electron chi connectivity index (χ2n) is 1.20. The van der Waals surface area contributed by atoms with E-state index in [-0.39, 0.29) is 0 Å². The van der Waals surface area contributed by atoms with Crippen LogP contribution in [0.2, 0.25) is 0 Å². The molecule has 0 amide bonds. The van der Waals surface area contributed by atoms with Crippen LogP contribution in [0.25, 0.3) is 0 Å². The van der Waals surface area contributed by atoms with Crippen molar-refractivity contribution < 1.29 is 14.6 Å². The average molecular weight is 172 g/mol. The van der Waals surface area contributed by atoms with Crippen molar-refractivity contribution in [1.82, 2.24) is 5.25 Å². The minimum absolute atomic E-state index is 0.836. The first-order chi connectivity index (χ1) is 4.23. The van der Waals surface area contributed by atoms with Gasteiger partial charge >= 0.3 is 0 Å². The van der Waals surface area contributed by atoms with Crippen molar-refractivity contribution >= 4 is 17.3 Å². The van der Waals surface area contributed by atoms with Gasteiger partial charge in [0.2, 0.25) is 8.53 Å². The predicted octanol–water partition coefficient (Wildman–Crippen LogP) is -0.729. The Morgan fingerprint density at radius 2 is 2.22 bits per heavy atom. The van der Waals surface area contributed by atoms with Gasteiger partial charge in [-0.1, -0.05) is 0 Å². The quantitative estimate of drug-likeness (QED) is 0.362. The van der Waals surface area contributed by atoms with Gasteiger partial charge in [0.1, 0.15) is 0 Å². The normalized spacial score (nSPS) is 20.0. The third kappa shape index (κ3) is 12.0. The fourth-order valence-electron chi connectivity index (χ4n) is 0.255. The van der Waals surface area contributed by atoms with Gasteiger partial charge < -0.3 is 9.79 Å². The van der Waals surface area contributed by atoms with E-state index in [1.807, 2.05) is 0 Å². The number of nitrogens with two attached hydrogens (primary N) is 1. The van der Waals surface area contributed by atoms with Crippen LogP contribution in [0.1, 0.15) is 0 Å². The highest BCUT2D eigenvalue weighted by Crippen LogP contribution is 2.07. The van der Waals surface area contributed by atoms with Crippen molar-refractivity contribution in [2.24, 2.45) is 5.50 Å². The zero-order valence-corrected chi connectivity index (χ0v) is 6.64. The molecule has 1 aliphatic heterocycles. The molecule has 0 bridgehead atoms. The number of hydrogen-bond donors (Lipinski definition) is 4. The Morgan fingerprint density at radius 1 is 1.67 bits per heavy atom. The second-order valence-corrected chi connectivity index (χ2v) is 2.90. The van der Waals surface area contributed by atoms with Gasteiger partial charge in [0.15, 0.2) is 0 Å². The summed E-state index contributed by atoms with van der Waals surface area (Å²) in [5, 5.41) is 2.75. The first-order valence-corrected chi connectivity index (χ1v) is 4.78. The van der Waals surface area contributed by atoms with E-state index < -0.39 is 8.53 Å². The molecule has 0 spiro atoms. The van der Waals surface area contributed by atoms with E-state index in [4.69, 9.17) is 14.6 Å². The lowest BCUT2D eigenvalue weighted by molar-refractivity contribution is 0.132. The van der Waals surface area contributed by atoms with Crippen LogP contribution in [-0.4, -0.2) is 22.6 Å². The Balaban J connectivity index is 0.000000148. The first-order valence-electron chi connectivity index (χ1n) is 2.25. The molecule has 1 saturated heterocycles. The zero-order chi connectivity index (χ0) is 7.11. The number of rotatable bonds is 0. The highest BCUT2D eigenvalue weighted by molar-refractivity contribution is 7.42. The van der Waals surface area contributed by atoms with Gasteiger partial charge in [-0.05, 0) is 8.73 Å². The molecule has 1 rings (SSSR count). The average Bonchev–Trinajstić information content (AvgIpc) is 2.11. The van der Waals surface area contributed by atoms with E-state index in [1.165, 1.54) is 6.16 Å². The van der Waals surface area contributed by atoms with Gasteiger partial charge in [0.05, 0.1) is 6.61 Å². The maximum Gasteiger partial charge on any atom is 0.247 e. The van der Waals surface area contributed by atoms with Crippen molar-refractivity contribution in [2.45, 2.75) is 0 Å². The molecule has 56 valence electrons. The van der Waals surface area contributed by atoms with Gasteiger partial charge in [-0.25, -0.2) is 0 Å². The largest absolute Gasteiger partial charge is 0.338 e. The molecule has 1 aliphatic rings. The molecule has 0 radical (unpaired) electrons. The summed E-state index contributed by atoms with van der Waals surface area (Å²) in [6.45, 7) is 0.901. The second kappa shape index (κ2) is 6.78. The third-order valence-electron chi connectivity index (χ3n) is 0.473. The Bertz CT molecular complexity index is 49.4. The van der Waals surface area contributed by atoms with Crippen LogP contribution in [0, 0.1) is 0 Å². The van der Waals surface area contributed by atoms with Crippen LogP contribution < -0.4 is 10.8 Å². The molecule has 0 saturated carbocycles. The molecule has 0 aromatic rings. The molecule has 1 heterocycles. The standard InChI is InChI=1S/C2H6NOP.H4NO2P/c1-2-5-3-4-1;1-4(2)3/h3,5H,1-2H2;2-3H,1H2. The summed E-state index contributed by atoms with van der Waals surface area (Å²) in [6.07, 6.45) is 1.19. The minimum atomic E-state index is -2.12. The summed E-state index contributed by atoms with van der Waals surface area (Å²) in [6, 6.07) is 0. The molecule has 1 fully saturated rings. The highest BCUT2D eigenvalue weighted by atomic mass is 31.2. The van der Waals surface area contributed by atoms with Crippen molar-refractivity contribution in [2.75, 3.05) is 12.8 Å². The van der Waals surface area contributed by atoms with Crippen molar-refractivity contribution in [1.29, 1.82) is 0 Å².